The van der Waals surface area contributed by atoms with Gasteiger partial charge >= 0.3 is 0 Å². The zero-order chi connectivity index (χ0) is 24.8. The summed E-state index contributed by atoms with van der Waals surface area (Å²) in [6.07, 6.45) is 16.1. The normalized spacial score (nSPS) is 15.3. The van der Waals surface area contributed by atoms with Crippen LogP contribution < -0.4 is 0 Å². The minimum atomic E-state index is 0.652. The van der Waals surface area contributed by atoms with Gasteiger partial charge in [-0.1, -0.05) is 94.9 Å². The van der Waals surface area contributed by atoms with Crippen LogP contribution in [0, 0.1) is 18.8 Å². The maximum atomic E-state index is 5.21. The molecule has 1 aromatic rings. The van der Waals surface area contributed by atoms with E-state index in [2.05, 4.69) is 84.9 Å². The Labute approximate surface area is 205 Å². The van der Waals surface area contributed by atoms with E-state index in [1.54, 1.807) is 7.11 Å². The smallest absolute Gasteiger partial charge is 0.0575 e. The molecule has 0 saturated carbocycles. The van der Waals surface area contributed by atoms with Crippen LogP contribution in [0.2, 0.25) is 0 Å². The molecule has 1 aromatic carbocycles. The molecule has 2 unspecified atom stereocenters. The zero-order valence-electron chi connectivity index (χ0n) is 23.1. The Kier molecular flexibility index (Phi) is 14.3. The molecule has 0 heterocycles. The first-order chi connectivity index (χ1) is 15.7. The summed E-state index contributed by atoms with van der Waals surface area (Å²) in [4.78, 5) is 5.21. The van der Waals surface area contributed by atoms with E-state index in [1.165, 1.54) is 71.9 Å². The predicted molar refractivity (Wildman–Crippen MR) is 147 cm³/mol. The predicted octanol–water partition coefficient (Wildman–Crippen LogP) is 8.96. The fraction of sp³-hybridized carbons (Fsp3) is 0.613. The van der Waals surface area contributed by atoms with Crippen molar-refractivity contribution in [2.45, 2.75) is 93.4 Å². The molecular formula is C31H51NO. The quantitative estimate of drug-likeness (QED) is 0.149. The summed E-state index contributed by atoms with van der Waals surface area (Å²) in [5.74, 6) is 1.50. The number of hydrogen-bond acceptors (Lipinski definition) is 2. The van der Waals surface area contributed by atoms with E-state index in [9.17, 15) is 0 Å². The molecule has 0 aliphatic carbocycles. The Balaban J connectivity index is 2.69. The van der Waals surface area contributed by atoms with Crippen molar-refractivity contribution >= 4 is 6.08 Å². The molecule has 0 radical (unpaired) electrons. The van der Waals surface area contributed by atoms with Gasteiger partial charge in [0.1, 0.15) is 0 Å². The molecule has 0 spiro atoms. The average Bonchev–Trinajstić information content (AvgIpc) is 2.80. The summed E-state index contributed by atoms with van der Waals surface area (Å²) >= 11 is 0. The number of rotatable bonds is 15. The molecule has 1 rings (SSSR count). The van der Waals surface area contributed by atoms with Crippen molar-refractivity contribution < 1.29 is 4.84 Å². The van der Waals surface area contributed by atoms with Crippen LogP contribution in [0.3, 0.4) is 0 Å². The first-order valence-corrected chi connectivity index (χ1v) is 13.1. The SMILES string of the molecule is CCCCCC(C)CCC(C)/C(C)=C/C=C(C)/C(C)=C/c1ccc(CCN(C)OC)cc1C. The van der Waals surface area contributed by atoms with Crippen LogP contribution in [-0.4, -0.2) is 25.8 Å². The van der Waals surface area contributed by atoms with Crippen molar-refractivity contribution in [1.82, 2.24) is 5.06 Å². The minimum absolute atomic E-state index is 0.652. The maximum Gasteiger partial charge on any atom is 0.0575 e. The number of unbranched alkanes of at least 4 members (excludes halogenated alkanes) is 2. The molecule has 33 heavy (non-hydrogen) atoms. The topological polar surface area (TPSA) is 12.5 Å². The van der Waals surface area contributed by atoms with Crippen LogP contribution in [0.1, 0.15) is 96.8 Å². The molecule has 2 nitrogen and oxygen atoms in total. The van der Waals surface area contributed by atoms with Crippen LogP contribution in [-0.2, 0) is 11.3 Å². The van der Waals surface area contributed by atoms with Crippen molar-refractivity contribution in [2.24, 2.45) is 11.8 Å². The average molecular weight is 454 g/mol. The third-order valence-corrected chi connectivity index (χ3v) is 7.12. The first-order valence-electron chi connectivity index (χ1n) is 13.1. The lowest BCUT2D eigenvalue weighted by Crippen LogP contribution is -2.19. The van der Waals surface area contributed by atoms with Crippen LogP contribution in [0.15, 0.2) is 47.1 Å². The third kappa shape index (κ3) is 11.9. The van der Waals surface area contributed by atoms with E-state index in [0.29, 0.717) is 5.92 Å². The monoisotopic (exact) mass is 453 g/mol. The zero-order valence-corrected chi connectivity index (χ0v) is 23.1. The van der Waals surface area contributed by atoms with Gasteiger partial charge in [0.2, 0.25) is 0 Å². The Morgan fingerprint density at radius 1 is 1.00 bits per heavy atom. The molecule has 0 aliphatic rings. The highest BCUT2D eigenvalue weighted by Gasteiger charge is 2.08. The number of hydroxylamine groups is 2. The van der Waals surface area contributed by atoms with Crippen molar-refractivity contribution in [2.75, 3.05) is 20.7 Å². The summed E-state index contributed by atoms with van der Waals surface area (Å²) in [6, 6.07) is 6.79. The lowest BCUT2D eigenvalue weighted by molar-refractivity contribution is -0.107. The van der Waals surface area contributed by atoms with Crippen molar-refractivity contribution in [1.29, 1.82) is 0 Å². The largest absolute Gasteiger partial charge is 0.303 e. The molecule has 0 N–H and O–H groups in total. The molecule has 0 bridgehead atoms. The summed E-state index contributed by atoms with van der Waals surface area (Å²) in [7, 11) is 3.68. The highest BCUT2D eigenvalue weighted by molar-refractivity contribution is 5.61. The Hall–Kier alpha value is -1.64. The summed E-state index contributed by atoms with van der Waals surface area (Å²) in [5, 5.41) is 1.87. The number of benzene rings is 1. The van der Waals surface area contributed by atoms with E-state index < -0.39 is 0 Å². The molecule has 0 aliphatic heterocycles. The number of likely N-dealkylation sites (N-methyl/N-ethyl adjacent to an activating group) is 1. The van der Waals surface area contributed by atoms with Gasteiger partial charge in [0, 0.05) is 13.6 Å². The lowest BCUT2D eigenvalue weighted by Gasteiger charge is -2.16. The Morgan fingerprint density at radius 2 is 1.73 bits per heavy atom. The molecule has 0 amide bonds. The van der Waals surface area contributed by atoms with Gasteiger partial charge in [-0.2, -0.15) is 5.06 Å². The molecular weight excluding hydrogens is 402 g/mol. The van der Waals surface area contributed by atoms with Crippen molar-refractivity contribution in [3.05, 3.63) is 63.8 Å². The second kappa shape index (κ2) is 16.1. The molecule has 186 valence electrons. The van der Waals surface area contributed by atoms with Crippen LogP contribution in [0.25, 0.3) is 6.08 Å². The summed E-state index contributed by atoms with van der Waals surface area (Å²) in [6.45, 7) is 16.9. The van der Waals surface area contributed by atoms with E-state index in [-0.39, 0.29) is 0 Å². The number of nitrogens with zero attached hydrogens (tertiary/aromatic N) is 1. The molecule has 0 saturated heterocycles. The van der Waals surface area contributed by atoms with Crippen LogP contribution in [0.5, 0.6) is 0 Å². The van der Waals surface area contributed by atoms with Gasteiger partial charge in [-0.15, -0.1) is 0 Å². The number of hydrogen-bond donors (Lipinski definition) is 0. The van der Waals surface area contributed by atoms with Crippen LogP contribution >= 0.6 is 0 Å². The maximum absolute atomic E-state index is 5.21. The fourth-order valence-corrected chi connectivity index (χ4v) is 3.98. The summed E-state index contributed by atoms with van der Waals surface area (Å²) in [5.41, 5.74) is 8.13. The van der Waals surface area contributed by atoms with Gasteiger partial charge in [0.25, 0.3) is 0 Å². The fourth-order valence-electron chi connectivity index (χ4n) is 3.98. The molecule has 2 atom stereocenters. The summed E-state index contributed by atoms with van der Waals surface area (Å²) < 4.78 is 0. The van der Waals surface area contributed by atoms with E-state index in [4.69, 9.17) is 4.84 Å². The van der Waals surface area contributed by atoms with Gasteiger partial charge in [0.05, 0.1) is 7.11 Å². The molecule has 0 aromatic heterocycles. The highest BCUT2D eigenvalue weighted by Crippen LogP contribution is 2.23. The number of aryl methyl sites for hydroxylation is 1. The standard InChI is InChI=1S/C31H51NO/c1-10-11-12-13-24(2)14-15-25(3)26(4)16-17-27(5)28(6)23-31-19-18-30(22-29(31)7)20-21-32(8)33-9/h16-19,22-25H,10-15,20-21H2,1-9H3/b26-16+,27-17+,28-23+. The second-order valence-electron chi connectivity index (χ2n) is 10.1. The third-order valence-electron chi connectivity index (χ3n) is 7.12. The van der Waals surface area contributed by atoms with Gasteiger partial charge in [-0.25, -0.2) is 0 Å². The van der Waals surface area contributed by atoms with E-state index >= 15 is 0 Å². The van der Waals surface area contributed by atoms with E-state index in [0.717, 1.165) is 18.9 Å². The van der Waals surface area contributed by atoms with Gasteiger partial charge < -0.3 is 4.84 Å². The number of allylic oxidation sites excluding steroid dienone is 5. The van der Waals surface area contributed by atoms with Gasteiger partial charge in [-0.05, 0) is 80.2 Å². The molecule has 0 fully saturated rings. The Bertz CT molecular complexity index is 786. The Morgan fingerprint density at radius 3 is 2.36 bits per heavy atom. The second-order valence-corrected chi connectivity index (χ2v) is 10.1. The van der Waals surface area contributed by atoms with Gasteiger partial charge in [0.15, 0.2) is 0 Å². The lowest BCUT2D eigenvalue weighted by atomic mass is 9.90. The van der Waals surface area contributed by atoms with Crippen LogP contribution in [0.4, 0.5) is 0 Å². The first kappa shape index (κ1) is 29.4. The highest BCUT2D eigenvalue weighted by atomic mass is 16.7. The molecule has 2 heteroatoms. The minimum Gasteiger partial charge on any atom is -0.303 e. The van der Waals surface area contributed by atoms with E-state index in [1.807, 2.05) is 12.1 Å². The van der Waals surface area contributed by atoms with Gasteiger partial charge in [-0.3, -0.25) is 0 Å². The van der Waals surface area contributed by atoms with Crippen molar-refractivity contribution in [3.8, 4) is 0 Å². The van der Waals surface area contributed by atoms with Crippen molar-refractivity contribution in [3.63, 3.8) is 0 Å².